The first-order valence-electron chi connectivity index (χ1n) is 6.14. The summed E-state index contributed by atoms with van der Waals surface area (Å²) in [6.45, 7) is 3.90. The van der Waals surface area contributed by atoms with Gasteiger partial charge < -0.3 is 9.64 Å². The molecule has 2 aromatic heterocycles. The molecule has 5 nitrogen and oxygen atoms in total. The van der Waals surface area contributed by atoms with E-state index in [2.05, 4.69) is 37.0 Å². The second-order valence-electron chi connectivity index (χ2n) is 5.01. The molecule has 0 amide bonds. The highest BCUT2D eigenvalue weighted by atomic mass is 79.9. The van der Waals surface area contributed by atoms with Crippen LogP contribution in [0.4, 0.5) is 5.82 Å². The van der Waals surface area contributed by atoms with Gasteiger partial charge in [0.2, 0.25) is 0 Å². The number of anilines is 1. The van der Waals surface area contributed by atoms with Crippen LogP contribution >= 0.6 is 15.9 Å². The fraction of sp³-hybridized carbons (Fsp3) is 0.500. The molecule has 0 aliphatic carbocycles. The zero-order chi connectivity index (χ0) is 12.1. The lowest BCUT2D eigenvalue weighted by molar-refractivity contribution is 0.177. The Morgan fingerprint density at radius 2 is 2.00 bits per heavy atom. The Labute approximate surface area is 113 Å². The van der Waals surface area contributed by atoms with Gasteiger partial charge in [-0.15, -0.1) is 5.10 Å². The first-order valence-corrected chi connectivity index (χ1v) is 6.93. The SMILES string of the molecule is Brc1cnc2ccc(N3CC4COCC4C3)nn12. The van der Waals surface area contributed by atoms with Gasteiger partial charge in [0.05, 0.1) is 19.4 Å². The molecular weight excluding hydrogens is 296 g/mol. The molecule has 2 saturated heterocycles. The lowest BCUT2D eigenvalue weighted by Gasteiger charge is -2.18. The Hall–Kier alpha value is -1.14. The average Bonchev–Trinajstić information content (AvgIpc) is 3.03. The Morgan fingerprint density at radius 1 is 1.22 bits per heavy atom. The molecule has 2 aromatic rings. The second kappa shape index (κ2) is 3.93. The average molecular weight is 309 g/mol. The normalized spacial score (nSPS) is 27.1. The minimum absolute atomic E-state index is 0.675. The summed E-state index contributed by atoms with van der Waals surface area (Å²) in [7, 11) is 0. The number of rotatable bonds is 1. The Bertz CT molecular complexity index is 587. The molecule has 0 radical (unpaired) electrons. The number of imidazole rings is 1. The molecule has 2 fully saturated rings. The first-order chi connectivity index (χ1) is 8.81. The lowest BCUT2D eigenvalue weighted by atomic mass is 10.0. The maximum Gasteiger partial charge on any atom is 0.154 e. The largest absolute Gasteiger partial charge is 0.381 e. The Kier molecular flexibility index (Phi) is 2.35. The van der Waals surface area contributed by atoms with Crippen molar-refractivity contribution in [2.45, 2.75) is 0 Å². The standard InChI is InChI=1S/C12H13BrN4O/c13-10-3-14-11-1-2-12(15-17(10)11)16-4-8-6-18-7-9(8)5-16/h1-3,8-9H,4-7H2. The van der Waals surface area contributed by atoms with Crippen molar-refractivity contribution in [2.24, 2.45) is 11.8 Å². The van der Waals surface area contributed by atoms with Gasteiger partial charge >= 0.3 is 0 Å². The monoisotopic (exact) mass is 308 g/mol. The van der Waals surface area contributed by atoms with Gasteiger partial charge in [0, 0.05) is 24.9 Å². The second-order valence-corrected chi connectivity index (χ2v) is 5.82. The molecule has 2 aliphatic heterocycles. The quantitative estimate of drug-likeness (QED) is 0.802. The van der Waals surface area contributed by atoms with Gasteiger partial charge in [0.25, 0.3) is 0 Å². The van der Waals surface area contributed by atoms with Gasteiger partial charge in [-0.2, -0.15) is 0 Å². The first kappa shape index (κ1) is 10.8. The molecule has 2 unspecified atom stereocenters. The number of hydrogen-bond acceptors (Lipinski definition) is 4. The van der Waals surface area contributed by atoms with Crippen molar-refractivity contribution >= 4 is 27.4 Å². The van der Waals surface area contributed by atoms with Crippen molar-refractivity contribution in [2.75, 3.05) is 31.2 Å². The molecule has 4 rings (SSSR count). The summed E-state index contributed by atoms with van der Waals surface area (Å²) in [6, 6.07) is 4.06. The van der Waals surface area contributed by atoms with Crippen LogP contribution in [0.5, 0.6) is 0 Å². The summed E-state index contributed by atoms with van der Waals surface area (Å²) in [5, 5.41) is 4.64. The molecule has 0 bridgehead atoms. The fourth-order valence-electron chi connectivity index (χ4n) is 2.88. The molecule has 2 atom stereocenters. The van der Waals surface area contributed by atoms with Gasteiger partial charge in [-0.3, -0.25) is 0 Å². The zero-order valence-corrected chi connectivity index (χ0v) is 11.4. The van der Waals surface area contributed by atoms with E-state index in [9.17, 15) is 0 Å². The molecule has 0 spiro atoms. The van der Waals surface area contributed by atoms with Crippen LogP contribution in [0.15, 0.2) is 22.9 Å². The summed E-state index contributed by atoms with van der Waals surface area (Å²) >= 11 is 3.46. The highest BCUT2D eigenvalue weighted by Gasteiger charge is 2.37. The number of nitrogens with zero attached hydrogens (tertiary/aromatic N) is 4. The summed E-state index contributed by atoms with van der Waals surface area (Å²) in [6.07, 6.45) is 1.78. The van der Waals surface area contributed by atoms with E-state index < -0.39 is 0 Å². The third kappa shape index (κ3) is 1.55. The lowest BCUT2D eigenvalue weighted by Crippen LogP contribution is -2.23. The van der Waals surface area contributed by atoms with Gasteiger partial charge in [-0.1, -0.05) is 0 Å². The van der Waals surface area contributed by atoms with E-state index in [0.717, 1.165) is 42.4 Å². The number of ether oxygens (including phenoxy) is 1. The highest BCUT2D eigenvalue weighted by Crippen LogP contribution is 2.31. The van der Waals surface area contributed by atoms with Crippen molar-refractivity contribution in [3.63, 3.8) is 0 Å². The fourth-order valence-corrected chi connectivity index (χ4v) is 3.24. The van der Waals surface area contributed by atoms with Crippen LogP contribution in [0.25, 0.3) is 5.65 Å². The maximum atomic E-state index is 5.50. The summed E-state index contributed by atoms with van der Waals surface area (Å²) in [5.74, 6) is 2.37. The van der Waals surface area contributed by atoms with E-state index in [-0.39, 0.29) is 0 Å². The van der Waals surface area contributed by atoms with Gasteiger partial charge in [0.1, 0.15) is 10.4 Å². The molecular formula is C12H13BrN4O. The predicted molar refractivity (Wildman–Crippen MR) is 70.7 cm³/mol. The van der Waals surface area contributed by atoms with E-state index in [1.54, 1.807) is 6.20 Å². The number of halogens is 1. The topological polar surface area (TPSA) is 42.7 Å². The van der Waals surface area contributed by atoms with Crippen LogP contribution < -0.4 is 4.90 Å². The number of aromatic nitrogens is 3. The van der Waals surface area contributed by atoms with Crippen molar-refractivity contribution in [1.82, 2.24) is 14.6 Å². The van der Waals surface area contributed by atoms with E-state index in [1.165, 1.54) is 0 Å². The molecule has 0 N–H and O–H groups in total. The molecule has 6 heteroatoms. The van der Waals surface area contributed by atoms with Crippen molar-refractivity contribution < 1.29 is 4.74 Å². The van der Waals surface area contributed by atoms with Gasteiger partial charge in [-0.25, -0.2) is 9.50 Å². The smallest absolute Gasteiger partial charge is 0.154 e. The third-order valence-corrected chi connectivity index (χ3v) is 4.41. The van der Waals surface area contributed by atoms with Crippen LogP contribution in [-0.2, 0) is 4.74 Å². The molecule has 4 heterocycles. The van der Waals surface area contributed by atoms with Crippen molar-refractivity contribution in [3.8, 4) is 0 Å². The Balaban J connectivity index is 1.68. The maximum absolute atomic E-state index is 5.50. The summed E-state index contributed by atoms with van der Waals surface area (Å²) < 4.78 is 8.23. The van der Waals surface area contributed by atoms with E-state index in [4.69, 9.17) is 4.74 Å². The number of fused-ring (bicyclic) bond motifs is 2. The van der Waals surface area contributed by atoms with Crippen LogP contribution in [0.1, 0.15) is 0 Å². The third-order valence-electron chi connectivity index (χ3n) is 3.87. The molecule has 2 aliphatic rings. The predicted octanol–water partition coefficient (Wildman–Crippen LogP) is 1.57. The highest BCUT2D eigenvalue weighted by molar-refractivity contribution is 9.10. The van der Waals surface area contributed by atoms with Gasteiger partial charge in [0.15, 0.2) is 5.65 Å². The van der Waals surface area contributed by atoms with Crippen LogP contribution in [0, 0.1) is 11.8 Å². The van der Waals surface area contributed by atoms with E-state index >= 15 is 0 Å². The molecule has 0 saturated carbocycles. The van der Waals surface area contributed by atoms with E-state index in [0.29, 0.717) is 11.8 Å². The van der Waals surface area contributed by atoms with Crippen LogP contribution in [-0.4, -0.2) is 40.9 Å². The summed E-state index contributed by atoms with van der Waals surface area (Å²) in [4.78, 5) is 6.61. The number of hydrogen-bond donors (Lipinski definition) is 0. The molecule has 94 valence electrons. The van der Waals surface area contributed by atoms with Crippen LogP contribution in [0.2, 0.25) is 0 Å². The Morgan fingerprint density at radius 3 is 2.78 bits per heavy atom. The van der Waals surface area contributed by atoms with Crippen LogP contribution in [0.3, 0.4) is 0 Å². The molecule has 0 aromatic carbocycles. The van der Waals surface area contributed by atoms with Crippen molar-refractivity contribution in [1.29, 1.82) is 0 Å². The van der Waals surface area contributed by atoms with E-state index in [1.807, 2.05) is 10.6 Å². The minimum Gasteiger partial charge on any atom is -0.381 e. The van der Waals surface area contributed by atoms with Crippen molar-refractivity contribution in [3.05, 3.63) is 22.9 Å². The zero-order valence-electron chi connectivity index (χ0n) is 9.79. The molecule has 18 heavy (non-hydrogen) atoms. The summed E-state index contributed by atoms with van der Waals surface area (Å²) in [5.41, 5.74) is 0.869. The minimum atomic E-state index is 0.675. The van der Waals surface area contributed by atoms with Gasteiger partial charge in [-0.05, 0) is 28.1 Å².